The lowest BCUT2D eigenvalue weighted by Crippen LogP contribution is -2.04. The molecule has 4 aromatic rings. The van der Waals surface area contributed by atoms with Crippen LogP contribution in [0.1, 0.15) is 6.42 Å². The number of aromatic nitrogens is 5. The predicted octanol–water partition coefficient (Wildman–Crippen LogP) is 2.95. The Morgan fingerprint density at radius 3 is 2.63 bits per heavy atom. The molecule has 0 bridgehead atoms. The summed E-state index contributed by atoms with van der Waals surface area (Å²) in [6.07, 6.45) is 7.66. The Balaban J connectivity index is 1.77. The first-order valence-electron chi connectivity index (χ1n) is 8.54. The van der Waals surface area contributed by atoms with Gasteiger partial charge in [-0.1, -0.05) is 12.1 Å². The molecule has 1 aromatic carbocycles. The number of phenols is 1. The third-order valence-electron chi connectivity index (χ3n) is 4.46. The van der Waals surface area contributed by atoms with Gasteiger partial charge in [0.2, 0.25) is 5.88 Å². The van der Waals surface area contributed by atoms with E-state index in [2.05, 4.69) is 15.2 Å². The first-order valence-corrected chi connectivity index (χ1v) is 8.54. The lowest BCUT2D eigenvalue weighted by atomic mass is 10.0. The summed E-state index contributed by atoms with van der Waals surface area (Å²) in [4.78, 5) is 4.02. The van der Waals surface area contributed by atoms with Crippen LogP contribution in [0.3, 0.4) is 0 Å². The van der Waals surface area contributed by atoms with Crippen LogP contribution in [-0.2, 0) is 13.1 Å². The third-order valence-corrected chi connectivity index (χ3v) is 4.46. The van der Waals surface area contributed by atoms with Crippen molar-refractivity contribution in [1.82, 2.24) is 24.3 Å². The van der Waals surface area contributed by atoms with Crippen molar-refractivity contribution in [1.29, 1.82) is 0 Å². The molecule has 0 spiro atoms. The smallest absolute Gasteiger partial charge is 0.235 e. The molecule has 0 radical (unpaired) electrons. The van der Waals surface area contributed by atoms with Crippen LogP contribution in [0.4, 0.5) is 0 Å². The number of nitrogens with one attached hydrogen (secondary N) is 1. The van der Waals surface area contributed by atoms with Gasteiger partial charge >= 0.3 is 0 Å². The van der Waals surface area contributed by atoms with Gasteiger partial charge in [0.25, 0.3) is 0 Å². The second-order valence-electron chi connectivity index (χ2n) is 6.22. The first kappa shape index (κ1) is 16.8. The van der Waals surface area contributed by atoms with E-state index in [-0.39, 0.29) is 17.4 Å². The molecule has 8 nitrogen and oxygen atoms in total. The van der Waals surface area contributed by atoms with E-state index in [4.69, 9.17) is 0 Å². The van der Waals surface area contributed by atoms with E-state index in [0.29, 0.717) is 29.1 Å². The monoisotopic (exact) mass is 365 g/mol. The zero-order valence-electron chi connectivity index (χ0n) is 14.4. The molecule has 0 amide bonds. The van der Waals surface area contributed by atoms with E-state index in [0.717, 1.165) is 13.0 Å². The predicted molar refractivity (Wildman–Crippen MR) is 99.3 cm³/mol. The van der Waals surface area contributed by atoms with Crippen LogP contribution >= 0.6 is 0 Å². The van der Waals surface area contributed by atoms with Crippen molar-refractivity contribution >= 4 is 0 Å². The molecular formula is C19H19N5O3. The van der Waals surface area contributed by atoms with Gasteiger partial charge in [-0.15, -0.1) is 0 Å². The van der Waals surface area contributed by atoms with Gasteiger partial charge in [-0.05, 0) is 30.2 Å². The summed E-state index contributed by atoms with van der Waals surface area (Å²) in [5.41, 5.74) is 2.31. The summed E-state index contributed by atoms with van der Waals surface area (Å²) in [5.74, 6) is -0.369. The van der Waals surface area contributed by atoms with Crippen molar-refractivity contribution in [3.63, 3.8) is 0 Å². The Morgan fingerprint density at radius 2 is 1.93 bits per heavy atom. The number of phenolic OH excluding ortho intramolecular Hbond substituents is 1. The molecule has 0 saturated carbocycles. The lowest BCUT2D eigenvalue weighted by molar-refractivity contribution is 0.368. The van der Waals surface area contributed by atoms with Crippen LogP contribution < -0.4 is 0 Å². The second kappa shape index (κ2) is 6.91. The Bertz CT molecular complexity index is 1040. The topological polar surface area (TPSA) is 112 Å². The van der Waals surface area contributed by atoms with E-state index in [1.807, 2.05) is 10.8 Å². The van der Waals surface area contributed by atoms with Gasteiger partial charge in [-0.3, -0.25) is 5.10 Å². The summed E-state index contributed by atoms with van der Waals surface area (Å²) in [7, 11) is 0. The molecule has 0 aliphatic heterocycles. The summed E-state index contributed by atoms with van der Waals surface area (Å²) >= 11 is 0. The number of rotatable bonds is 6. The van der Waals surface area contributed by atoms with Gasteiger partial charge < -0.3 is 24.5 Å². The van der Waals surface area contributed by atoms with Gasteiger partial charge in [0.05, 0.1) is 23.3 Å². The molecule has 3 heterocycles. The van der Waals surface area contributed by atoms with Crippen molar-refractivity contribution < 1.29 is 15.3 Å². The van der Waals surface area contributed by atoms with Gasteiger partial charge in [0, 0.05) is 31.7 Å². The summed E-state index contributed by atoms with van der Waals surface area (Å²) in [6, 6.07) is 8.33. The maximum absolute atomic E-state index is 10.6. The third kappa shape index (κ3) is 3.12. The number of benzene rings is 1. The maximum atomic E-state index is 10.6. The van der Waals surface area contributed by atoms with E-state index in [9.17, 15) is 15.3 Å². The highest BCUT2D eigenvalue weighted by molar-refractivity contribution is 5.87. The minimum atomic E-state index is -0.229. The summed E-state index contributed by atoms with van der Waals surface area (Å²) < 4.78 is 3.60. The molecule has 0 aliphatic carbocycles. The van der Waals surface area contributed by atoms with Gasteiger partial charge in [0.15, 0.2) is 5.75 Å². The van der Waals surface area contributed by atoms with Crippen molar-refractivity contribution in [3.05, 3.63) is 55.2 Å². The lowest BCUT2D eigenvalue weighted by Gasteiger charge is -2.11. The quantitative estimate of drug-likeness (QED) is 0.420. The summed E-state index contributed by atoms with van der Waals surface area (Å²) in [6.45, 7) is 1.20. The Hall–Kier alpha value is -3.68. The number of hydrogen-bond acceptors (Lipinski definition) is 5. The minimum absolute atomic E-state index is 0.0785. The number of imidazole rings is 1. The number of aromatic amines is 1. The molecule has 4 N–H and O–H groups in total. The average Bonchev–Trinajstić information content (AvgIpc) is 3.39. The van der Waals surface area contributed by atoms with Crippen LogP contribution in [0.5, 0.6) is 17.4 Å². The second-order valence-corrected chi connectivity index (χ2v) is 6.22. The van der Waals surface area contributed by atoms with Crippen molar-refractivity contribution in [2.75, 3.05) is 0 Å². The standard InChI is InChI=1S/C19H19N5O3/c25-14-4-1-3-13(11-14)16-17(15-5-6-21-22-15)24(19(27)18(16)26)9-2-8-23-10-7-20-12-23/h1,3-7,10-12,25-27H,2,8-9H2,(H,21,22). The first-order chi connectivity index (χ1) is 13.1. The highest BCUT2D eigenvalue weighted by atomic mass is 16.3. The van der Waals surface area contributed by atoms with Crippen molar-refractivity contribution in [2.24, 2.45) is 0 Å². The molecule has 0 unspecified atom stereocenters. The number of aromatic hydroxyl groups is 3. The van der Waals surface area contributed by atoms with Crippen LogP contribution in [0.2, 0.25) is 0 Å². The average molecular weight is 365 g/mol. The van der Waals surface area contributed by atoms with Gasteiger partial charge in [-0.25, -0.2) is 4.98 Å². The highest BCUT2D eigenvalue weighted by Crippen LogP contribution is 2.47. The van der Waals surface area contributed by atoms with Crippen LogP contribution in [-0.4, -0.2) is 39.6 Å². The van der Waals surface area contributed by atoms with Gasteiger partial charge in [0.1, 0.15) is 5.75 Å². The number of nitrogens with zero attached hydrogens (tertiary/aromatic N) is 4. The number of aryl methyl sites for hydroxylation is 1. The van der Waals surface area contributed by atoms with E-state index in [1.54, 1.807) is 53.6 Å². The molecule has 3 aromatic heterocycles. The molecule has 0 aliphatic rings. The summed E-state index contributed by atoms with van der Waals surface area (Å²) in [5, 5.41) is 37.9. The van der Waals surface area contributed by atoms with Crippen LogP contribution in [0.15, 0.2) is 55.2 Å². The maximum Gasteiger partial charge on any atom is 0.235 e. The van der Waals surface area contributed by atoms with Crippen LogP contribution in [0, 0.1) is 0 Å². The molecule has 0 fully saturated rings. The Labute approximate surface area is 155 Å². The molecule has 0 atom stereocenters. The fourth-order valence-electron chi connectivity index (χ4n) is 3.24. The Kier molecular flexibility index (Phi) is 4.29. The number of H-pyrrole nitrogens is 1. The zero-order valence-corrected chi connectivity index (χ0v) is 14.4. The molecule has 138 valence electrons. The van der Waals surface area contributed by atoms with E-state index in [1.165, 1.54) is 0 Å². The number of hydrogen-bond donors (Lipinski definition) is 4. The normalized spacial score (nSPS) is 11.1. The van der Waals surface area contributed by atoms with E-state index >= 15 is 0 Å². The highest BCUT2D eigenvalue weighted by Gasteiger charge is 2.25. The minimum Gasteiger partial charge on any atom is -0.508 e. The van der Waals surface area contributed by atoms with Crippen LogP contribution in [0.25, 0.3) is 22.5 Å². The van der Waals surface area contributed by atoms with Crippen molar-refractivity contribution in [2.45, 2.75) is 19.5 Å². The van der Waals surface area contributed by atoms with E-state index < -0.39 is 0 Å². The Morgan fingerprint density at radius 1 is 1.04 bits per heavy atom. The zero-order chi connectivity index (χ0) is 18.8. The molecule has 4 rings (SSSR count). The molecular weight excluding hydrogens is 346 g/mol. The molecule has 27 heavy (non-hydrogen) atoms. The largest absolute Gasteiger partial charge is 0.508 e. The fraction of sp³-hybridized carbons (Fsp3) is 0.158. The van der Waals surface area contributed by atoms with Crippen molar-refractivity contribution in [3.8, 4) is 39.9 Å². The SMILES string of the molecule is Oc1cccc(-c2c(O)c(O)n(CCCn3ccnc3)c2-c2ccn[nH]2)c1. The fourth-order valence-corrected chi connectivity index (χ4v) is 3.24. The van der Waals surface area contributed by atoms with Gasteiger partial charge in [-0.2, -0.15) is 5.10 Å². The molecule has 0 saturated heterocycles. The molecule has 8 heteroatoms.